The Balaban J connectivity index is 1.54. The molecule has 0 bridgehead atoms. The summed E-state index contributed by atoms with van der Waals surface area (Å²) in [7, 11) is 0. The van der Waals surface area contributed by atoms with E-state index in [4.69, 9.17) is 0 Å². The van der Waals surface area contributed by atoms with E-state index >= 15 is 0 Å². The Morgan fingerprint density at radius 1 is 1.19 bits per heavy atom. The van der Waals surface area contributed by atoms with E-state index in [1.807, 2.05) is 18.2 Å². The minimum Gasteiger partial charge on any atom is -0.322 e. The molecule has 1 aromatic carbocycles. The number of aromatic nitrogens is 1. The summed E-state index contributed by atoms with van der Waals surface area (Å²) in [5.74, 6) is 0. The number of H-pyrrole nitrogens is 1. The van der Waals surface area contributed by atoms with Crippen LogP contribution in [0.25, 0.3) is 10.9 Å². The first-order valence-electron chi connectivity index (χ1n) is 7.87. The summed E-state index contributed by atoms with van der Waals surface area (Å²) in [4.78, 5) is 17.1. The predicted octanol–water partition coefficient (Wildman–Crippen LogP) is 2.10. The van der Waals surface area contributed by atoms with Gasteiger partial charge in [0.15, 0.2) is 0 Å². The highest BCUT2D eigenvalue weighted by molar-refractivity contribution is 5.81. The summed E-state index contributed by atoms with van der Waals surface area (Å²) in [5, 5.41) is 4.59. The van der Waals surface area contributed by atoms with Crippen LogP contribution in [-0.2, 0) is 6.54 Å². The highest BCUT2D eigenvalue weighted by Crippen LogP contribution is 2.14. The molecule has 4 heteroatoms. The number of pyridine rings is 1. The number of nitrogens with one attached hydrogen (secondary N) is 2. The van der Waals surface area contributed by atoms with Crippen molar-refractivity contribution < 1.29 is 0 Å². The van der Waals surface area contributed by atoms with Crippen LogP contribution in [0.15, 0.2) is 35.1 Å². The van der Waals surface area contributed by atoms with Gasteiger partial charge in [0.1, 0.15) is 0 Å². The van der Waals surface area contributed by atoms with E-state index in [1.54, 1.807) is 6.07 Å². The van der Waals surface area contributed by atoms with Crippen LogP contribution in [0.2, 0.25) is 0 Å². The molecule has 2 aromatic rings. The van der Waals surface area contributed by atoms with Crippen molar-refractivity contribution in [2.45, 2.75) is 25.8 Å². The van der Waals surface area contributed by atoms with E-state index in [9.17, 15) is 4.79 Å². The fourth-order valence-corrected chi connectivity index (χ4v) is 3.08. The summed E-state index contributed by atoms with van der Waals surface area (Å²) in [5.41, 5.74) is 1.97. The zero-order chi connectivity index (χ0) is 14.5. The zero-order valence-corrected chi connectivity index (χ0v) is 12.4. The second-order valence-electron chi connectivity index (χ2n) is 5.78. The molecule has 112 valence electrons. The number of rotatable bonds is 6. The molecule has 3 rings (SSSR count). The van der Waals surface area contributed by atoms with Crippen LogP contribution in [-0.4, -0.2) is 36.1 Å². The molecule has 0 aliphatic carbocycles. The highest BCUT2D eigenvalue weighted by atomic mass is 16.1. The number of nitrogens with zero attached hydrogens (tertiary/aromatic N) is 1. The fourth-order valence-electron chi connectivity index (χ4n) is 3.08. The van der Waals surface area contributed by atoms with Crippen molar-refractivity contribution in [3.63, 3.8) is 0 Å². The molecular formula is C17H23N3O. The number of fused-ring (bicyclic) bond motifs is 1. The third-order valence-electron chi connectivity index (χ3n) is 4.18. The van der Waals surface area contributed by atoms with Gasteiger partial charge in [0, 0.05) is 23.5 Å². The van der Waals surface area contributed by atoms with Gasteiger partial charge in [-0.25, -0.2) is 0 Å². The second-order valence-corrected chi connectivity index (χ2v) is 5.78. The van der Waals surface area contributed by atoms with Gasteiger partial charge in [-0.3, -0.25) is 4.79 Å². The lowest BCUT2D eigenvalue weighted by atomic mass is 10.1. The molecule has 1 aliphatic heterocycles. The van der Waals surface area contributed by atoms with Crippen molar-refractivity contribution in [3.8, 4) is 0 Å². The summed E-state index contributed by atoms with van der Waals surface area (Å²) in [6.45, 7) is 5.46. The molecule has 4 nitrogen and oxygen atoms in total. The van der Waals surface area contributed by atoms with Gasteiger partial charge in [0.05, 0.1) is 0 Å². The quantitative estimate of drug-likeness (QED) is 0.799. The van der Waals surface area contributed by atoms with E-state index in [0.717, 1.165) is 29.6 Å². The predicted molar refractivity (Wildman–Crippen MR) is 86.6 cm³/mol. The molecule has 2 N–H and O–H groups in total. The van der Waals surface area contributed by atoms with E-state index in [0.29, 0.717) is 0 Å². The summed E-state index contributed by atoms with van der Waals surface area (Å²) >= 11 is 0. The molecule has 21 heavy (non-hydrogen) atoms. The monoisotopic (exact) mass is 285 g/mol. The van der Waals surface area contributed by atoms with Crippen molar-refractivity contribution in [3.05, 3.63) is 46.2 Å². The molecule has 0 radical (unpaired) electrons. The van der Waals surface area contributed by atoms with Gasteiger partial charge in [-0.15, -0.1) is 0 Å². The van der Waals surface area contributed by atoms with Crippen molar-refractivity contribution >= 4 is 10.9 Å². The molecule has 2 heterocycles. The SMILES string of the molecule is O=c1cc(CNCCCN2CCCC2)c2ccccc2[nH]1. The minimum atomic E-state index is -0.0254. The Hall–Kier alpha value is -1.65. The van der Waals surface area contributed by atoms with Crippen molar-refractivity contribution in [2.24, 2.45) is 0 Å². The Labute approximate surface area is 125 Å². The molecule has 1 saturated heterocycles. The molecule has 1 aliphatic rings. The molecule has 0 unspecified atom stereocenters. The van der Waals surface area contributed by atoms with Crippen LogP contribution in [0, 0.1) is 0 Å². The van der Waals surface area contributed by atoms with Crippen LogP contribution in [0.3, 0.4) is 0 Å². The average molecular weight is 285 g/mol. The summed E-state index contributed by atoms with van der Waals surface area (Å²) < 4.78 is 0. The number of aromatic amines is 1. The van der Waals surface area contributed by atoms with Gasteiger partial charge in [-0.2, -0.15) is 0 Å². The Kier molecular flexibility index (Phi) is 4.68. The van der Waals surface area contributed by atoms with Gasteiger partial charge in [0.25, 0.3) is 0 Å². The van der Waals surface area contributed by atoms with Gasteiger partial charge in [0.2, 0.25) is 5.56 Å². The van der Waals surface area contributed by atoms with Crippen molar-refractivity contribution in [2.75, 3.05) is 26.2 Å². The topological polar surface area (TPSA) is 48.1 Å². The maximum absolute atomic E-state index is 11.7. The number of likely N-dealkylation sites (tertiary alicyclic amines) is 1. The standard InChI is InChI=1S/C17H23N3O/c21-17-12-14(15-6-1-2-7-16(15)19-17)13-18-8-5-11-20-9-3-4-10-20/h1-2,6-7,12,18H,3-5,8-11,13H2,(H,19,21). The first-order valence-corrected chi connectivity index (χ1v) is 7.87. The van der Waals surface area contributed by atoms with E-state index < -0.39 is 0 Å². The summed E-state index contributed by atoms with van der Waals surface area (Å²) in [6, 6.07) is 9.68. The van der Waals surface area contributed by atoms with Crippen molar-refractivity contribution in [1.29, 1.82) is 0 Å². The first kappa shape index (κ1) is 14.3. The number of para-hydroxylation sites is 1. The van der Waals surface area contributed by atoms with E-state index in [2.05, 4.69) is 21.3 Å². The molecule has 0 atom stereocenters. The van der Waals surface area contributed by atoms with Crippen LogP contribution >= 0.6 is 0 Å². The third kappa shape index (κ3) is 3.71. The van der Waals surface area contributed by atoms with Crippen LogP contribution in [0.1, 0.15) is 24.8 Å². The smallest absolute Gasteiger partial charge is 0.248 e. The number of benzene rings is 1. The second kappa shape index (κ2) is 6.87. The molecule has 1 aromatic heterocycles. The molecule has 0 amide bonds. The third-order valence-corrected chi connectivity index (χ3v) is 4.18. The highest BCUT2D eigenvalue weighted by Gasteiger charge is 2.10. The van der Waals surface area contributed by atoms with Crippen LogP contribution in [0.5, 0.6) is 0 Å². The number of hydrogen-bond donors (Lipinski definition) is 2. The lowest BCUT2D eigenvalue weighted by molar-refractivity contribution is 0.331. The fraction of sp³-hybridized carbons (Fsp3) is 0.471. The largest absolute Gasteiger partial charge is 0.322 e. The molecule has 0 spiro atoms. The molecule has 0 saturated carbocycles. The van der Waals surface area contributed by atoms with Gasteiger partial charge in [-0.05, 0) is 57.1 Å². The maximum atomic E-state index is 11.7. The van der Waals surface area contributed by atoms with Crippen molar-refractivity contribution in [1.82, 2.24) is 15.2 Å². The number of hydrogen-bond acceptors (Lipinski definition) is 3. The average Bonchev–Trinajstić information content (AvgIpc) is 3.00. The lowest BCUT2D eigenvalue weighted by Gasteiger charge is -2.14. The lowest BCUT2D eigenvalue weighted by Crippen LogP contribution is -2.25. The van der Waals surface area contributed by atoms with Crippen LogP contribution in [0.4, 0.5) is 0 Å². The van der Waals surface area contributed by atoms with E-state index in [-0.39, 0.29) is 5.56 Å². The minimum absolute atomic E-state index is 0.0254. The molecule has 1 fully saturated rings. The maximum Gasteiger partial charge on any atom is 0.248 e. The Morgan fingerprint density at radius 3 is 2.86 bits per heavy atom. The van der Waals surface area contributed by atoms with E-state index in [1.165, 1.54) is 38.9 Å². The first-order chi connectivity index (χ1) is 10.3. The van der Waals surface area contributed by atoms with Gasteiger partial charge >= 0.3 is 0 Å². The summed E-state index contributed by atoms with van der Waals surface area (Å²) in [6.07, 6.45) is 3.87. The molecular weight excluding hydrogens is 262 g/mol. The zero-order valence-electron chi connectivity index (χ0n) is 12.4. The van der Waals surface area contributed by atoms with Crippen LogP contribution < -0.4 is 10.9 Å². The van der Waals surface area contributed by atoms with Gasteiger partial charge < -0.3 is 15.2 Å². The Morgan fingerprint density at radius 2 is 2.00 bits per heavy atom. The van der Waals surface area contributed by atoms with Gasteiger partial charge in [-0.1, -0.05) is 18.2 Å². The Bertz CT molecular complexity index is 644. The normalized spacial score (nSPS) is 15.8.